The molecule has 7 nitrogen and oxygen atoms in total. The number of aromatic nitrogens is 1. The zero-order chi connectivity index (χ0) is 26.5. The largest absolute Gasteiger partial charge is 0.343 e. The van der Waals surface area contributed by atoms with E-state index in [0.717, 1.165) is 29.3 Å². The number of piperidine rings is 1. The van der Waals surface area contributed by atoms with E-state index in [1.54, 1.807) is 47.5 Å². The molecule has 2 heterocycles. The maximum absolute atomic E-state index is 12.9. The summed E-state index contributed by atoms with van der Waals surface area (Å²) in [6.07, 6.45) is 3.25. The van der Waals surface area contributed by atoms with Crippen LogP contribution in [0.5, 0.6) is 0 Å². The normalized spacial score (nSPS) is 14.4. The van der Waals surface area contributed by atoms with Crippen LogP contribution in [0.3, 0.4) is 0 Å². The van der Waals surface area contributed by atoms with Crippen molar-refractivity contribution in [3.63, 3.8) is 0 Å². The Hall–Kier alpha value is -4.04. The van der Waals surface area contributed by atoms with E-state index in [2.05, 4.69) is 10.3 Å². The number of carbonyl (C=O) groups is 2. The van der Waals surface area contributed by atoms with Gasteiger partial charge in [0.05, 0.1) is 21.7 Å². The average molecular weight is 528 g/mol. The van der Waals surface area contributed by atoms with Crippen molar-refractivity contribution in [2.45, 2.75) is 30.1 Å². The molecule has 0 radical (unpaired) electrons. The Balaban J connectivity index is 1.14. The van der Waals surface area contributed by atoms with Gasteiger partial charge in [0.15, 0.2) is 9.84 Å². The number of anilines is 1. The Morgan fingerprint density at radius 1 is 0.868 bits per heavy atom. The van der Waals surface area contributed by atoms with Crippen LogP contribution in [0.15, 0.2) is 96.0 Å². The molecule has 0 saturated carbocycles. The number of rotatable bonds is 7. The number of carbonyl (C=O) groups excluding carboxylic acids is 2. The molecule has 0 aliphatic carbocycles. The first-order valence-corrected chi connectivity index (χ1v) is 14.4. The first-order chi connectivity index (χ1) is 18.4. The smallest absolute Gasteiger partial charge is 0.256 e. The molecule has 0 spiro atoms. The molecular formula is C30H29N3O4S. The second kappa shape index (κ2) is 11.1. The quantitative estimate of drug-likeness (QED) is 0.363. The highest BCUT2D eigenvalue weighted by molar-refractivity contribution is 7.91. The lowest BCUT2D eigenvalue weighted by Crippen LogP contribution is -2.38. The second-order valence-electron chi connectivity index (χ2n) is 9.49. The summed E-state index contributed by atoms with van der Waals surface area (Å²) in [7, 11) is -3.47. The number of para-hydroxylation sites is 1. The van der Waals surface area contributed by atoms with E-state index < -0.39 is 9.84 Å². The summed E-state index contributed by atoms with van der Waals surface area (Å²) in [5, 5.41) is 3.78. The molecule has 1 N–H and O–H groups in total. The summed E-state index contributed by atoms with van der Waals surface area (Å²) >= 11 is 0. The van der Waals surface area contributed by atoms with Gasteiger partial charge < -0.3 is 10.2 Å². The molecule has 194 valence electrons. The van der Waals surface area contributed by atoms with Crippen molar-refractivity contribution < 1.29 is 18.0 Å². The Bertz CT molecular complexity index is 1540. The molecule has 0 unspecified atom stereocenters. The molecule has 0 atom stereocenters. The first-order valence-electron chi connectivity index (χ1n) is 12.7. The molecular weight excluding hydrogens is 498 g/mol. The number of benzene rings is 3. The third kappa shape index (κ3) is 5.75. The first kappa shape index (κ1) is 25.6. The molecule has 1 aliphatic rings. The number of amides is 2. The molecule has 1 aromatic heterocycles. The highest BCUT2D eigenvalue weighted by atomic mass is 32.2. The van der Waals surface area contributed by atoms with Crippen molar-refractivity contribution in [2.24, 2.45) is 0 Å². The summed E-state index contributed by atoms with van der Waals surface area (Å²) < 4.78 is 25.0. The fourth-order valence-electron chi connectivity index (χ4n) is 4.92. The number of fused-ring (bicyclic) bond motifs is 1. The Morgan fingerprint density at radius 2 is 1.55 bits per heavy atom. The predicted octanol–water partition coefficient (Wildman–Crippen LogP) is 5.06. The zero-order valence-corrected chi connectivity index (χ0v) is 21.7. The van der Waals surface area contributed by atoms with Crippen molar-refractivity contribution in [2.75, 3.05) is 24.2 Å². The van der Waals surface area contributed by atoms with Crippen LogP contribution in [0, 0.1) is 0 Å². The molecule has 1 fully saturated rings. The van der Waals surface area contributed by atoms with E-state index in [4.69, 9.17) is 0 Å². The maximum atomic E-state index is 12.9. The Labute approximate surface area is 222 Å². The van der Waals surface area contributed by atoms with Crippen molar-refractivity contribution in [3.8, 4) is 0 Å². The lowest BCUT2D eigenvalue weighted by Gasteiger charge is -2.32. The lowest BCUT2D eigenvalue weighted by molar-refractivity contribution is -0.131. The number of nitrogens with one attached hydrogen (secondary N) is 1. The van der Waals surface area contributed by atoms with Gasteiger partial charge in [-0.25, -0.2) is 8.42 Å². The van der Waals surface area contributed by atoms with Crippen LogP contribution in [0.25, 0.3) is 10.9 Å². The van der Waals surface area contributed by atoms with Crippen molar-refractivity contribution in [3.05, 3.63) is 102 Å². The van der Waals surface area contributed by atoms with Gasteiger partial charge in [0.2, 0.25) is 5.91 Å². The van der Waals surface area contributed by atoms with Gasteiger partial charge in [0.1, 0.15) is 0 Å². The topological polar surface area (TPSA) is 96.4 Å². The van der Waals surface area contributed by atoms with Gasteiger partial charge in [-0.05, 0) is 60.7 Å². The highest BCUT2D eigenvalue weighted by Gasteiger charge is 2.25. The van der Waals surface area contributed by atoms with Gasteiger partial charge in [0, 0.05) is 36.8 Å². The van der Waals surface area contributed by atoms with E-state index >= 15 is 0 Å². The Kier molecular flexibility index (Phi) is 7.51. The predicted molar refractivity (Wildman–Crippen MR) is 148 cm³/mol. The molecule has 38 heavy (non-hydrogen) atoms. The molecule has 1 saturated heterocycles. The molecule has 5 rings (SSSR count). The minimum atomic E-state index is -3.47. The summed E-state index contributed by atoms with van der Waals surface area (Å²) in [6, 6.07) is 25.4. The fourth-order valence-corrected chi connectivity index (χ4v) is 6.17. The molecule has 3 aromatic carbocycles. The van der Waals surface area contributed by atoms with Crippen LogP contribution in [0.4, 0.5) is 5.69 Å². The van der Waals surface area contributed by atoms with Crippen LogP contribution in [-0.4, -0.2) is 49.0 Å². The fraction of sp³-hybridized carbons (Fsp3) is 0.233. The average Bonchev–Trinajstić information content (AvgIpc) is 2.96. The van der Waals surface area contributed by atoms with E-state index in [0.29, 0.717) is 30.3 Å². The monoisotopic (exact) mass is 527 g/mol. The van der Waals surface area contributed by atoms with E-state index in [1.165, 1.54) is 0 Å². The van der Waals surface area contributed by atoms with Crippen LogP contribution in [0.2, 0.25) is 0 Å². The van der Waals surface area contributed by atoms with Crippen LogP contribution >= 0.6 is 0 Å². The van der Waals surface area contributed by atoms with Gasteiger partial charge in [-0.2, -0.15) is 0 Å². The van der Waals surface area contributed by atoms with Gasteiger partial charge in [-0.1, -0.05) is 48.5 Å². The number of likely N-dealkylation sites (tertiary alicyclic amines) is 1. The number of nitrogens with zero attached hydrogens (tertiary/aromatic N) is 2. The van der Waals surface area contributed by atoms with Gasteiger partial charge >= 0.3 is 0 Å². The zero-order valence-electron chi connectivity index (χ0n) is 20.9. The number of pyridine rings is 1. The number of hydrogen-bond acceptors (Lipinski definition) is 5. The number of hydrogen-bond donors (Lipinski definition) is 1. The SMILES string of the molecule is O=C(Nc1ccc(C2CCN(C(=O)CCS(=O)(=O)c3ccccc3)CC2)cc1)c1ccnc2ccccc12. The lowest BCUT2D eigenvalue weighted by atomic mass is 9.89. The minimum absolute atomic E-state index is 0.0109. The second-order valence-corrected chi connectivity index (χ2v) is 11.6. The standard InChI is InChI=1S/C30H29N3O4S/c34-29(17-21-38(36,37)25-6-2-1-3-7-25)33-19-15-23(16-20-33)22-10-12-24(13-11-22)32-30(35)27-14-18-31-28-9-5-4-8-26(27)28/h1-14,18,23H,15-17,19-21H2,(H,32,35). The molecule has 2 amide bonds. The molecule has 4 aromatic rings. The molecule has 0 bridgehead atoms. The highest BCUT2D eigenvalue weighted by Crippen LogP contribution is 2.29. The Morgan fingerprint density at radius 3 is 2.29 bits per heavy atom. The van der Waals surface area contributed by atoms with E-state index in [1.807, 2.05) is 48.5 Å². The third-order valence-electron chi connectivity index (χ3n) is 7.07. The van der Waals surface area contributed by atoms with Gasteiger partial charge in [0.25, 0.3) is 5.91 Å². The van der Waals surface area contributed by atoms with E-state index in [-0.39, 0.29) is 28.9 Å². The van der Waals surface area contributed by atoms with Crippen molar-refractivity contribution in [1.82, 2.24) is 9.88 Å². The summed E-state index contributed by atoms with van der Waals surface area (Å²) in [5.74, 6) is -0.179. The van der Waals surface area contributed by atoms with Crippen molar-refractivity contribution in [1.29, 1.82) is 0 Å². The molecule has 8 heteroatoms. The summed E-state index contributed by atoms with van der Waals surface area (Å²) in [4.78, 5) is 31.9. The summed E-state index contributed by atoms with van der Waals surface area (Å²) in [5.41, 5.74) is 3.23. The van der Waals surface area contributed by atoms with Gasteiger partial charge in [-0.15, -0.1) is 0 Å². The minimum Gasteiger partial charge on any atom is -0.343 e. The molecule has 1 aliphatic heterocycles. The van der Waals surface area contributed by atoms with Crippen LogP contribution in [0.1, 0.15) is 41.1 Å². The van der Waals surface area contributed by atoms with Crippen LogP contribution < -0.4 is 5.32 Å². The van der Waals surface area contributed by atoms with Crippen LogP contribution in [-0.2, 0) is 14.6 Å². The van der Waals surface area contributed by atoms with E-state index in [9.17, 15) is 18.0 Å². The van der Waals surface area contributed by atoms with Gasteiger partial charge in [-0.3, -0.25) is 14.6 Å². The third-order valence-corrected chi connectivity index (χ3v) is 8.80. The van der Waals surface area contributed by atoms with Crippen molar-refractivity contribution >= 4 is 38.2 Å². The maximum Gasteiger partial charge on any atom is 0.256 e. The summed E-state index contributed by atoms with van der Waals surface area (Å²) in [6.45, 7) is 1.20. The number of sulfone groups is 1.